The molecule has 8 heteroatoms. The van der Waals surface area contributed by atoms with Crippen molar-refractivity contribution in [2.45, 2.75) is 153 Å². The summed E-state index contributed by atoms with van der Waals surface area (Å²) in [6.07, 6.45) is 6.10. The van der Waals surface area contributed by atoms with Crippen LogP contribution in [0.2, 0.25) is 36.3 Å². The lowest BCUT2D eigenvalue weighted by atomic mass is 9.80. The Bertz CT molecular complexity index is 1610. The zero-order chi connectivity index (χ0) is 42.3. The first-order valence-corrected chi connectivity index (χ1v) is 26.8. The van der Waals surface area contributed by atoms with Gasteiger partial charge < -0.3 is 28.2 Å². The van der Waals surface area contributed by atoms with Crippen molar-refractivity contribution in [1.82, 2.24) is 0 Å². The van der Waals surface area contributed by atoms with Gasteiger partial charge in [0.1, 0.15) is 11.2 Å². The summed E-state index contributed by atoms with van der Waals surface area (Å²) in [6.45, 7) is 33.6. The van der Waals surface area contributed by atoms with Crippen LogP contribution >= 0.6 is 0 Å². The fourth-order valence-corrected chi connectivity index (χ4v) is 9.64. The van der Waals surface area contributed by atoms with Crippen LogP contribution in [-0.4, -0.2) is 64.7 Å². The van der Waals surface area contributed by atoms with E-state index in [0.29, 0.717) is 26.1 Å². The third-order valence-corrected chi connectivity index (χ3v) is 21.8. The summed E-state index contributed by atoms with van der Waals surface area (Å²) < 4.78 is 35.5. The van der Waals surface area contributed by atoms with E-state index >= 15 is 0 Å². The fourth-order valence-electron chi connectivity index (χ4n) is 7.26. The molecule has 4 rings (SSSR count). The van der Waals surface area contributed by atoms with Crippen molar-refractivity contribution in [2.75, 3.05) is 13.2 Å². The van der Waals surface area contributed by atoms with Gasteiger partial charge in [-0.05, 0) is 73.2 Å². The number of benzene rings is 3. The van der Waals surface area contributed by atoms with E-state index in [2.05, 4.69) is 154 Å². The van der Waals surface area contributed by atoms with Gasteiger partial charge in [0.05, 0.1) is 31.5 Å². The van der Waals surface area contributed by atoms with Crippen LogP contribution in [0.3, 0.4) is 0 Å². The van der Waals surface area contributed by atoms with Gasteiger partial charge in [-0.1, -0.05) is 158 Å². The van der Waals surface area contributed by atoms with Gasteiger partial charge in [-0.25, -0.2) is 0 Å². The first-order valence-electron chi connectivity index (χ1n) is 21.0. The Morgan fingerprint density at radius 3 is 1.68 bits per heavy atom. The van der Waals surface area contributed by atoms with Crippen LogP contribution < -0.4 is 0 Å². The molecule has 6 nitrogen and oxygen atoms in total. The molecule has 0 spiro atoms. The minimum Gasteiger partial charge on any atom is -0.414 e. The number of aliphatic hydroxyl groups excluding tert-OH is 1. The largest absolute Gasteiger partial charge is 0.414 e. The number of ether oxygens (including phenoxy) is 3. The maximum atomic E-state index is 11.5. The van der Waals surface area contributed by atoms with Crippen molar-refractivity contribution < 1.29 is 28.2 Å². The second-order valence-electron chi connectivity index (χ2n) is 19.4. The fraction of sp³-hybridized carbons (Fsp3) is 0.551. The second kappa shape index (κ2) is 18.7. The first-order chi connectivity index (χ1) is 26.5. The summed E-state index contributed by atoms with van der Waals surface area (Å²) in [7, 11) is -4.35. The Kier molecular flexibility index (Phi) is 15.4. The van der Waals surface area contributed by atoms with Crippen LogP contribution in [0.5, 0.6) is 0 Å². The van der Waals surface area contributed by atoms with E-state index in [4.69, 9.17) is 23.1 Å². The normalized spacial score (nSPS) is 21.1. The molecular weight excluding hydrogens is 741 g/mol. The number of rotatable bonds is 19. The quantitative estimate of drug-likeness (QED) is 0.0739. The molecule has 5 atom stereocenters. The average molecular weight is 815 g/mol. The molecular formula is C49H74O6Si2. The lowest BCUT2D eigenvalue weighted by Crippen LogP contribution is -2.50. The predicted octanol–water partition coefficient (Wildman–Crippen LogP) is 12.2. The number of aliphatic hydroxyl groups is 1. The van der Waals surface area contributed by atoms with E-state index in [0.717, 1.165) is 23.1 Å². The topological polar surface area (TPSA) is 66.4 Å². The van der Waals surface area contributed by atoms with Crippen LogP contribution in [0.25, 0.3) is 0 Å². The van der Waals surface area contributed by atoms with Gasteiger partial charge in [-0.15, -0.1) is 6.58 Å². The molecule has 3 aromatic carbocycles. The molecule has 57 heavy (non-hydrogen) atoms. The lowest BCUT2D eigenvalue weighted by Gasteiger charge is -2.43. The molecule has 314 valence electrons. The summed E-state index contributed by atoms with van der Waals surface area (Å²) >= 11 is 0. The highest BCUT2D eigenvalue weighted by molar-refractivity contribution is 6.74. The van der Waals surface area contributed by atoms with Crippen LogP contribution in [0.1, 0.15) is 98.3 Å². The zero-order valence-corrected chi connectivity index (χ0v) is 39.4. The minimum absolute atomic E-state index is 0.00102. The Labute approximate surface area is 348 Å². The van der Waals surface area contributed by atoms with Crippen LogP contribution in [-0.2, 0) is 28.7 Å². The monoisotopic (exact) mass is 815 g/mol. The smallest absolute Gasteiger partial charge is 0.192 e. The maximum absolute atomic E-state index is 11.5. The lowest BCUT2D eigenvalue weighted by molar-refractivity contribution is -0.160. The first kappa shape index (κ1) is 47.0. The third-order valence-electron chi connectivity index (χ3n) is 12.7. The van der Waals surface area contributed by atoms with Crippen molar-refractivity contribution in [3.8, 4) is 0 Å². The Balaban J connectivity index is 1.83. The average Bonchev–Trinajstić information content (AvgIpc) is 3.40. The van der Waals surface area contributed by atoms with Gasteiger partial charge in [0.2, 0.25) is 0 Å². The molecule has 3 aromatic rings. The van der Waals surface area contributed by atoms with E-state index in [1.165, 1.54) is 0 Å². The molecule has 1 N–H and O–H groups in total. The molecule has 0 amide bonds. The van der Waals surface area contributed by atoms with Gasteiger partial charge in [0.15, 0.2) is 22.4 Å². The van der Waals surface area contributed by atoms with Crippen molar-refractivity contribution in [2.24, 2.45) is 5.92 Å². The molecule has 0 saturated carbocycles. The predicted molar refractivity (Wildman–Crippen MR) is 242 cm³/mol. The van der Waals surface area contributed by atoms with Gasteiger partial charge >= 0.3 is 0 Å². The molecule has 1 heterocycles. The van der Waals surface area contributed by atoms with E-state index in [1.807, 2.05) is 50.3 Å². The molecule has 1 saturated heterocycles. The molecule has 1 aliphatic heterocycles. The molecule has 0 bridgehead atoms. The van der Waals surface area contributed by atoms with E-state index < -0.39 is 45.8 Å². The second-order valence-corrected chi connectivity index (χ2v) is 29.0. The minimum atomic E-state index is -2.24. The summed E-state index contributed by atoms with van der Waals surface area (Å²) in [6, 6.07) is 31.3. The van der Waals surface area contributed by atoms with Crippen LogP contribution in [0.15, 0.2) is 116 Å². The Hall–Kier alpha value is -2.67. The van der Waals surface area contributed by atoms with Gasteiger partial charge in [-0.2, -0.15) is 0 Å². The molecule has 0 unspecified atom stereocenters. The molecule has 1 fully saturated rings. The zero-order valence-electron chi connectivity index (χ0n) is 37.4. The van der Waals surface area contributed by atoms with Crippen molar-refractivity contribution >= 4 is 16.6 Å². The molecule has 0 aliphatic carbocycles. The Morgan fingerprint density at radius 1 is 0.789 bits per heavy atom. The molecule has 1 aliphatic rings. The summed E-state index contributed by atoms with van der Waals surface area (Å²) in [5.74, 6) is -1.02. The van der Waals surface area contributed by atoms with E-state index in [-0.39, 0.29) is 22.1 Å². The van der Waals surface area contributed by atoms with Gasteiger partial charge in [0, 0.05) is 18.8 Å². The van der Waals surface area contributed by atoms with Crippen molar-refractivity contribution in [3.63, 3.8) is 0 Å². The number of hydrogen-bond donors (Lipinski definition) is 1. The Morgan fingerprint density at radius 2 is 1.26 bits per heavy atom. The van der Waals surface area contributed by atoms with Crippen LogP contribution in [0.4, 0.5) is 0 Å². The summed E-state index contributed by atoms with van der Waals surface area (Å²) in [4.78, 5) is 0. The maximum Gasteiger partial charge on any atom is 0.192 e. The summed E-state index contributed by atoms with van der Waals surface area (Å²) in [5.41, 5.74) is 1.23. The highest BCUT2D eigenvalue weighted by Crippen LogP contribution is 2.47. The van der Waals surface area contributed by atoms with Crippen molar-refractivity contribution in [1.29, 1.82) is 0 Å². The van der Waals surface area contributed by atoms with Gasteiger partial charge in [0.25, 0.3) is 0 Å². The van der Waals surface area contributed by atoms with Gasteiger partial charge in [-0.3, -0.25) is 0 Å². The highest BCUT2D eigenvalue weighted by atomic mass is 28.4. The molecule has 0 aromatic heterocycles. The standard InChI is InChI=1S/C49H74O6Si2/c1-15-38(16-2)43(50)32-33-48(34-35-51-49(39-26-20-17-21-27-39,40-28-22-18-23-29-40)41-30-24-19-25-31-41)44(53-47(9,10)55-48)36-42(54-57(13,14)46(6,7)8)37-52-56(11,12)45(3,4)5/h15,17-33,38,42-44,50H,1,16,34-37H2,2-14H3/b33-32+/t38-,42-,43+,44-,48+/m1/s1. The van der Waals surface area contributed by atoms with E-state index in [1.54, 1.807) is 0 Å². The van der Waals surface area contributed by atoms with Crippen molar-refractivity contribution in [3.05, 3.63) is 132 Å². The third kappa shape index (κ3) is 11.3. The number of hydrogen-bond acceptors (Lipinski definition) is 6. The SMILES string of the molecule is C=C[C@H](CC)[C@@H](O)/C=C/[C@@]1(CCOC(c2ccccc2)(c2ccccc2)c2ccccc2)OC(C)(C)O[C@@H]1C[C@H](CO[Si](C)(C)C(C)(C)C)O[Si](C)(C)C(C)(C)C. The van der Waals surface area contributed by atoms with Crippen LogP contribution in [0, 0.1) is 5.92 Å². The molecule has 0 radical (unpaired) electrons. The highest BCUT2D eigenvalue weighted by Gasteiger charge is 2.54. The summed E-state index contributed by atoms with van der Waals surface area (Å²) in [5, 5.41) is 11.5. The van der Waals surface area contributed by atoms with E-state index in [9.17, 15) is 5.11 Å².